The summed E-state index contributed by atoms with van der Waals surface area (Å²) in [6, 6.07) is 3.82. The molecule has 0 saturated carbocycles. The van der Waals surface area contributed by atoms with Gasteiger partial charge in [0.2, 0.25) is 0 Å². The van der Waals surface area contributed by atoms with Gasteiger partial charge in [-0.2, -0.15) is 0 Å². The lowest BCUT2D eigenvalue weighted by atomic mass is 10.0. The van der Waals surface area contributed by atoms with E-state index in [-0.39, 0.29) is 23.6 Å². The number of ketones is 1. The zero-order valence-electron chi connectivity index (χ0n) is 7.56. The van der Waals surface area contributed by atoms with E-state index in [1.807, 2.05) is 0 Å². The molecule has 1 aromatic rings. The number of aliphatic hydroxyl groups excluding tert-OH is 1. The third-order valence-electron chi connectivity index (χ3n) is 1.85. The maximum Gasteiger partial charge on any atom is 0.270 e. The van der Waals surface area contributed by atoms with E-state index < -0.39 is 4.92 Å². The number of rotatable bonds is 3. The summed E-state index contributed by atoms with van der Waals surface area (Å²) >= 11 is 0. The molecular formula is C9H9NO4. The Morgan fingerprint density at radius 1 is 1.57 bits per heavy atom. The maximum absolute atomic E-state index is 11.1. The summed E-state index contributed by atoms with van der Waals surface area (Å²) in [5, 5.41) is 19.3. The van der Waals surface area contributed by atoms with Crippen LogP contribution in [0.2, 0.25) is 0 Å². The van der Waals surface area contributed by atoms with E-state index in [2.05, 4.69) is 0 Å². The van der Waals surface area contributed by atoms with E-state index in [0.717, 1.165) is 0 Å². The van der Waals surface area contributed by atoms with Gasteiger partial charge in [-0.3, -0.25) is 14.9 Å². The summed E-state index contributed by atoms with van der Waals surface area (Å²) in [5.41, 5.74) is 0.456. The molecule has 0 aliphatic carbocycles. The van der Waals surface area contributed by atoms with E-state index in [0.29, 0.717) is 5.56 Å². The molecule has 0 spiro atoms. The van der Waals surface area contributed by atoms with Crippen LogP contribution < -0.4 is 0 Å². The van der Waals surface area contributed by atoms with Gasteiger partial charge >= 0.3 is 0 Å². The highest BCUT2D eigenvalue weighted by Crippen LogP contribution is 2.18. The first kappa shape index (κ1) is 10.3. The van der Waals surface area contributed by atoms with Crippen molar-refractivity contribution < 1.29 is 14.8 Å². The van der Waals surface area contributed by atoms with Gasteiger partial charge in [0.05, 0.1) is 11.5 Å². The minimum atomic E-state index is -0.576. The van der Waals surface area contributed by atoms with Crippen LogP contribution in [-0.2, 0) is 6.61 Å². The Labute approximate surface area is 80.1 Å². The number of nitro groups is 1. The lowest BCUT2D eigenvalue weighted by Crippen LogP contribution is -2.01. The lowest BCUT2D eigenvalue weighted by molar-refractivity contribution is -0.384. The molecule has 0 bridgehead atoms. The molecule has 0 fully saturated rings. The molecule has 0 atom stereocenters. The Hall–Kier alpha value is -1.75. The molecule has 74 valence electrons. The van der Waals surface area contributed by atoms with Gasteiger partial charge in [-0.25, -0.2) is 0 Å². The number of nitrogens with zero attached hydrogens (tertiary/aromatic N) is 1. The van der Waals surface area contributed by atoms with E-state index in [1.54, 1.807) is 0 Å². The number of Topliss-reactive ketones (excluding diaryl/α,β-unsaturated/α-hetero) is 1. The highest BCUT2D eigenvalue weighted by Gasteiger charge is 2.12. The minimum Gasteiger partial charge on any atom is -0.392 e. The van der Waals surface area contributed by atoms with Gasteiger partial charge in [0.25, 0.3) is 5.69 Å². The van der Waals surface area contributed by atoms with Gasteiger partial charge in [0, 0.05) is 17.7 Å². The van der Waals surface area contributed by atoms with Crippen molar-refractivity contribution in [3.8, 4) is 0 Å². The third-order valence-corrected chi connectivity index (χ3v) is 1.85. The molecule has 0 aliphatic heterocycles. The molecule has 5 nitrogen and oxygen atoms in total. The van der Waals surface area contributed by atoms with Crippen LogP contribution in [0, 0.1) is 10.1 Å². The van der Waals surface area contributed by atoms with Gasteiger partial charge in [-0.1, -0.05) is 0 Å². The predicted molar refractivity (Wildman–Crippen MR) is 49.0 cm³/mol. The smallest absolute Gasteiger partial charge is 0.270 e. The maximum atomic E-state index is 11.1. The van der Waals surface area contributed by atoms with Crippen molar-refractivity contribution in [3.63, 3.8) is 0 Å². The van der Waals surface area contributed by atoms with Crippen LogP contribution in [0.5, 0.6) is 0 Å². The van der Waals surface area contributed by atoms with Crippen LogP contribution in [0.25, 0.3) is 0 Å². The van der Waals surface area contributed by atoms with Gasteiger partial charge in [-0.15, -0.1) is 0 Å². The van der Waals surface area contributed by atoms with Crippen molar-refractivity contribution >= 4 is 11.5 Å². The Bertz CT molecular complexity index is 386. The first-order valence-corrected chi connectivity index (χ1v) is 3.95. The number of non-ortho nitro benzene ring substituents is 1. The summed E-state index contributed by atoms with van der Waals surface area (Å²) in [6.45, 7) is 1.01. The number of carbonyl (C=O) groups excluding carboxylic acids is 1. The summed E-state index contributed by atoms with van der Waals surface area (Å²) in [6.07, 6.45) is 0. The predicted octanol–water partition coefficient (Wildman–Crippen LogP) is 1.29. The molecule has 14 heavy (non-hydrogen) atoms. The summed E-state index contributed by atoms with van der Waals surface area (Å²) in [7, 11) is 0. The number of nitro benzene ring substituents is 1. The molecule has 5 heteroatoms. The topological polar surface area (TPSA) is 80.4 Å². The molecule has 1 aromatic carbocycles. The van der Waals surface area contributed by atoms with Crippen molar-refractivity contribution in [1.82, 2.24) is 0 Å². The molecule has 1 N–H and O–H groups in total. The fourth-order valence-electron chi connectivity index (χ4n) is 1.14. The summed E-state index contributed by atoms with van der Waals surface area (Å²) in [4.78, 5) is 20.9. The average molecular weight is 195 g/mol. The van der Waals surface area contributed by atoms with E-state index in [4.69, 9.17) is 5.11 Å². The quantitative estimate of drug-likeness (QED) is 0.447. The van der Waals surface area contributed by atoms with Crippen molar-refractivity contribution in [3.05, 3.63) is 39.4 Å². The number of benzene rings is 1. The zero-order chi connectivity index (χ0) is 10.7. The molecule has 0 radical (unpaired) electrons. The highest BCUT2D eigenvalue weighted by atomic mass is 16.6. The fourth-order valence-corrected chi connectivity index (χ4v) is 1.14. The van der Waals surface area contributed by atoms with Gasteiger partial charge in [0.1, 0.15) is 0 Å². The molecule has 0 amide bonds. The monoisotopic (exact) mass is 195 g/mol. The number of aliphatic hydroxyl groups is 1. The second-order valence-corrected chi connectivity index (χ2v) is 2.81. The van der Waals surface area contributed by atoms with Crippen molar-refractivity contribution in [1.29, 1.82) is 0 Å². The van der Waals surface area contributed by atoms with Crippen LogP contribution >= 0.6 is 0 Å². The Kier molecular flexibility index (Phi) is 2.93. The Morgan fingerprint density at radius 2 is 2.21 bits per heavy atom. The van der Waals surface area contributed by atoms with Crippen LogP contribution in [0.1, 0.15) is 22.8 Å². The normalized spacial score (nSPS) is 9.86. The first-order chi connectivity index (χ1) is 6.56. The van der Waals surface area contributed by atoms with E-state index in [9.17, 15) is 14.9 Å². The molecular weight excluding hydrogens is 186 g/mol. The molecule has 0 heterocycles. The highest BCUT2D eigenvalue weighted by molar-refractivity contribution is 5.96. The number of carbonyl (C=O) groups is 1. The second-order valence-electron chi connectivity index (χ2n) is 2.81. The Morgan fingerprint density at radius 3 is 2.64 bits per heavy atom. The van der Waals surface area contributed by atoms with E-state index in [1.165, 1.54) is 25.1 Å². The molecule has 0 aliphatic rings. The van der Waals surface area contributed by atoms with Gasteiger partial charge in [-0.05, 0) is 18.6 Å². The number of hydrogen-bond donors (Lipinski definition) is 1. The van der Waals surface area contributed by atoms with Gasteiger partial charge < -0.3 is 5.11 Å². The van der Waals surface area contributed by atoms with Crippen molar-refractivity contribution in [2.24, 2.45) is 0 Å². The minimum absolute atomic E-state index is 0.146. The van der Waals surface area contributed by atoms with Crippen LogP contribution in [0.15, 0.2) is 18.2 Å². The zero-order valence-corrected chi connectivity index (χ0v) is 7.56. The van der Waals surface area contributed by atoms with Crippen molar-refractivity contribution in [2.45, 2.75) is 13.5 Å². The third kappa shape index (κ3) is 1.94. The molecule has 0 aromatic heterocycles. The summed E-state index contributed by atoms with van der Waals surface area (Å²) < 4.78 is 0. The SMILES string of the molecule is CC(=O)c1cc([N+](=O)[O-])ccc1CO. The fraction of sp³-hybridized carbons (Fsp3) is 0.222. The summed E-state index contributed by atoms with van der Waals surface area (Å²) in [5.74, 6) is -0.294. The number of hydrogen-bond acceptors (Lipinski definition) is 4. The van der Waals surface area contributed by atoms with Crippen LogP contribution in [0.4, 0.5) is 5.69 Å². The first-order valence-electron chi connectivity index (χ1n) is 3.95. The van der Waals surface area contributed by atoms with E-state index >= 15 is 0 Å². The molecule has 1 rings (SSSR count). The standard InChI is InChI=1S/C9H9NO4/c1-6(12)9-4-8(10(13)14)3-2-7(9)5-11/h2-4,11H,5H2,1H3. The van der Waals surface area contributed by atoms with Crippen LogP contribution in [0.3, 0.4) is 0 Å². The van der Waals surface area contributed by atoms with Crippen molar-refractivity contribution in [2.75, 3.05) is 0 Å². The van der Waals surface area contributed by atoms with Crippen LogP contribution in [-0.4, -0.2) is 15.8 Å². The Balaban J connectivity index is 3.27. The molecule has 0 unspecified atom stereocenters. The average Bonchev–Trinajstić information content (AvgIpc) is 2.16. The largest absolute Gasteiger partial charge is 0.392 e. The lowest BCUT2D eigenvalue weighted by Gasteiger charge is -2.02. The second kappa shape index (κ2) is 3.97. The van der Waals surface area contributed by atoms with Gasteiger partial charge in [0.15, 0.2) is 5.78 Å². The molecule has 0 saturated heterocycles.